The Balaban J connectivity index is 1.78. The van der Waals surface area contributed by atoms with Crippen LogP contribution in [0, 0.1) is 5.82 Å². The highest BCUT2D eigenvalue weighted by molar-refractivity contribution is 5.44. The molecule has 1 aliphatic rings. The minimum absolute atomic E-state index is 0.303. The predicted molar refractivity (Wildman–Crippen MR) is 94.6 cm³/mol. The van der Waals surface area contributed by atoms with Gasteiger partial charge in [-0.15, -0.1) is 0 Å². The molecule has 1 aliphatic heterocycles. The summed E-state index contributed by atoms with van der Waals surface area (Å²) in [5.41, 5.74) is 0. The van der Waals surface area contributed by atoms with E-state index in [1.54, 1.807) is 26.1 Å². The van der Waals surface area contributed by atoms with Gasteiger partial charge in [0.2, 0.25) is 5.95 Å². The number of anilines is 2. The number of methoxy groups -OCH3 is 1. The van der Waals surface area contributed by atoms with Crippen LogP contribution in [0.25, 0.3) is 0 Å². The van der Waals surface area contributed by atoms with Gasteiger partial charge in [-0.05, 0) is 12.8 Å². The molecule has 1 atom stereocenters. The third kappa shape index (κ3) is 3.89. The monoisotopic (exact) mass is 348 g/mol. The zero-order chi connectivity index (χ0) is 17.8. The van der Waals surface area contributed by atoms with Crippen LogP contribution >= 0.6 is 0 Å². The molecule has 136 valence electrons. The molecule has 0 amide bonds. The number of rotatable bonds is 6. The molecule has 25 heavy (non-hydrogen) atoms. The molecule has 0 saturated carbocycles. The maximum Gasteiger partial charge on any atom is 0.227 e. The topological polar surface area (TPSA) is 59.3 Å². The highest BCUT2D eigenvalue weighted by Crippen LogP contribution is 2.28. The summed E-state index contributed by atoms with van der Waals surface area (Å²) < 4.78 is 21.2. The minimum Gasteiger partial charge on any atom is -0.383 e. The Bertz CT molecular complexity index is 704. The molecule has 1 saturated heterocycles. The predicted octanol–water partition coefficient (Wildman–Crippen LogP) is 1.91. The standard InChI is InChI=1S/C17H25FN6O/c1-22(2)16-14(18)11-20-17(21-16)24-7-4-5-13(12-24)15-19-6-8-23(15)9-10-25-3/h6,8,11,13H,4-5,7,9-10,12H2,1-3H3/t13-/m0/s1. The van der Waals surface area contributed by atoms with Gasteiger partial charge in [0.15, 0.2) is 11.6 Å². The zero-order valence-corrected chi connectivity index (χ0v) is 15.0. The van der Waals surface area contributed by atoms with Gasteiger partial charge in [-0.25, -0.2) is 14.4 Å². The molecular weight excluding hydrogens is 323 g/mol. The van der Waals surface area contributed by atoms with Gasteiger partial charge < -0.3 is 19.1 Å². The second kappa shape index (κ2) is 7.77. The van der Waals surface area contributed by atoms with Gasteiger partial charge in [-0.2, -0.15) is 4.98 Å². The Kier molecular flexibility index (Phi) is 5.47. The van der Waals surface area contributed by atoms with E-state index >= 15 is 0 Å². The van der Waals surface area contributed by atoms with Gasteiger partial charge >= 0.3 is 0 Å². The summed E-state index contributed by atoms with van der Waals surface area (Å²) in [5, 5.41) is 0. The second-order valence-corrected chi connectivity index (χ2v) is 6.49. The second-order valence-electron chi connectivity index (χ2n) is 6.49. The first-order valence-electron chi connectivity index (χ1n) is 8.55. The van der Waals surface area contributed by atoms with E-state index < -0.39 is 5.82 Å². The van der Waals surface area contributed by atoms with Crippen molar-refractivity contribution in [1.29, 1.82) is 0 Å². The smallest absolute Gasteiger partial charge is 0.227 e. The maximum atomic E-state index is 13.8. The van der Waals surface area contributed by atoms with Crippen molar-refractivity contribution < 1.29 is 9.13 Å². The van der Waals surface area contributed by atoms with Gasteiger partial charge in [-0.1, -0.05) is 0 Å². The molecular formula is C17H25FN6O. The first kappa shape index (κ1) is 17.6. The fourth-order valence-corrected chi connectivity index (χ4v) is 3.24. The summed E-state index contributed by atoms with van der Waals surface area (Å²) in [6.45, 7) is 3.10. The Morgan fingerprint density at radius 2 is 2.20 bits per heavy atom. The van der Waals surface area contributed by atoms with Crippen LogP contribution in [0.1, 0.15) is 24.6 Å². The number of piperidine rings is 1. The molecule has 2 aromatic heterocycles. The fourth-order valence-electron chi connectivity index (χ4n) is 3.24. The van der Waals surface area contributed by atoms with E-state index in [0.717, 1.165) is 38.3 Å². The first-order chi connectivity index (χ1) is 12.1. The highest BCUT2D eigenvalue weighted by Gasteiger charge is 2.26. The third-order valence-electron chi connectivity index (χ3n) is 4.49. The molecule has 0 radical (unpaired) electrons. The molecule has 0 bridgehead atoms. The van der Waals surface area contributed by atoms with E-state index in [1.165, 1.54) is 6.20 Å². The van der Waals surface area contributed by atoms with Gasteiger partial charge in [-0.3, -0.25) is 0 Å². The minimum atomic E-state index is -0.405. The zero-order valence-electron chi connectivity index (χ0n) is 15.0. The number of ether oxygens (including phenoxy) is 1. The molecule has 1 fully saturated rings. The Morgan fingerprint density at radius 3 is 2.96 bits per heavy atom. The van der Waals surface area contributed by atoms with E-state index in [2.05, 4.69) is 24.4 Å². The van der Waals surface area contributed by atoms with Crippen molar-refractivity contribution in [1.82, 2.24) is 19.5 Å². The molecule has 0 aliphatic carbocycles. The van der Waals surface area contributed by atoms with Crippen molar-refractivity contribution in [2.24, 2.45) is 0 Å². The van der Waals surface area contributed by atoms with Crippen molar-refractivity contribution in [2.75, 3.05) is 50.7 Å². The number of halogens is 1. The number of hydrogen-bond acceptors (Lipinski definition) is 6. The molecule has 2 aromatic rings. The van der Waals surface area contributed by atoms with Gasteiger partial charge in [0.25, 0.3) is 0 Å². The summed E-state index contributed by atoms with van der Waals surface area (Å²) in [4.78, 5) is 16.9. The third-order valence-corrected chi connectivity index (χ3v) is 4.49. The number of nitrogens with zero attached hydrogens (tertiary/aromatic N) is 6. The number of hydrogen-bond donors (Lipinski definition) is 0. The molecule has 7 nitrogen and oxygen atoms in total. The summed E-state index contributed by atoms with van der Waals surface area (Å²) >= 11 is 0. The summed E-state index contributed by atoms with van der Waals surface area (Å²) in [7, 11) is 5.26. The molecule has 0 N–H and O–H groups in total. The highest BCUT2D eigenvalue weighted by atomic mass is 19.1. The van der Waals surface area contributed by atoms with Crippen LogP contribution in [-0.4, -0.2) is 60.4 Å². The fraction of sp³-hybridized carbons (Fsp3) is 0.588. The lowest BCUT2D eigenvalue weighted by atomic mass is 9.97. The maximum absolute atomic E-state index is 13.8. The van der Waals surface area contributed by atoms with Gasteiger partial charge in [0.05, 0.1) is 12.8 Å². The molecule has 0 aromatic carbocycles. The molecule has 8 heteroatoms. The summed E-state index contributed by atoms with van der Waals surface area (Å²) in [6, 6.07) is 0. The molecule has 3 heterocycles. The van der Waals surface area contributed by atoms with Crippen LogP contribution in [-0.2, 0) is 11.3 Å². The average molecular weight is 348 g/mol. The van der Waals surface area contributed by atoms with Crippen molar-refractivity contribution in [2.45, 2.75) is 25.3 Å². The first-order valence-corrected chi connectivity index (χ1v) is 8.55. The lowest BCUT2D eigenvalue weighted by Gasteiger charge is -2.33. The molecule has 0 unspecified atom stereocenters. The van der Waals surface area contributed by atoms with E-state index in [9.17, 15) is 4.39 Å². The Labute approximate surface area is 147 Å². The SMILES string of the molecule is COCCn1ccnc1[C@H]1CCCN(c2ncc(F)c(N(C)C)n2)C1. The van der Waals surface area contributed by atoms with E-state index in [0.29, 0.717) is 24.3 Å². The molecule has 0 spiro atoms. The van der Waals surface area contributed by atoms with Crippen LogP contribution in [0.5, 0.6) is 0 Å². The number of imidazole rings is 1. The van der Waals surface area contributed by atoms with Gasteiger partial charge in [0.1, 0.15) is 5.82 Å². The quantitative estimate of drug-likeness (QED) is 0.795. The summed E-state index contributed by atoms with van der Waals surface area (Å²) in [5.74, 6) is 1.85. The van der Waals surface area contributed by atoms with Crippen molar-refractivity contribution in [3.8, 4) is 0 Å². The van der Waals surface area contributed by atoms with Crippen molar-refractivity contribution in [3.63, 3.8) is 0 Å². The summed E-state index contributed by atoms with van der Waals surface area (Å²) in [6.07, 6.45) is 7.18. The van der Waals surface area contributed by atoms with Crippen LogP contribution in [0.15, 0.2) is 18.6 Å². The van der Waals surface area contributed by atoms with Crippen LogP contribution in [0.2, 0.25) is 0 Å². The van der Waals surface area contributed by atoms with Crippen LogP contribution in [0.4, 0.5) is 16.2 Å². The van der Waals surface area contributed by atoms with Crippen LogP contribution in [0.3, 0.4) is 0 Å². The average Bonchev–Trinajstić information content (AvgIpc) is 3.08. The van der Waals surface area contributed by atoms with E-state index in [1.807, 2.05) is 12.4 Å². The lowest BCUT2D eigenvalue weighted by molar-refractivity contribution is 0.185. The van der Waals surface area contributed by atoms with Crippen molar-refractivity contribution >= 4 is 11.8 Å². The lowest BCUT2D eigenvalue weighted by Crippen LogP contribution is -2.37. The molecule has 3 rings (SSSR count). The number of aromatic nitrogens is 4. The Morgan fingerprint density at radius 1 is 1.36 bits per heavy atom. The van der Waals surface area contributed by atoms with Gasteiger partial charge in [0, 0.05) is 59.2 Å². The largest absolute Gasteiger partial charge is 0.383 e. The van der Waals surface area contributed by atoms with E-state index in [4.69, 9.17) is 4.74 Å². The van der Waals surface area contributed by atoms with E-state index in [-0.39, 0.29) is 0 Å². The Hall–Kier alpha value is -2.22. The normalized spacial score (nSPS) is 17.8. The van der Waals surface area contributed by atoms with Crippen LogP contribution < -0.4 is 9.80 Å². The van der Waals surface area contributed by atoms with Crippen molar-refractivity contribution in [3.05, 3.63) is 30.2 Å².